The normalized spacial score (nSPS) is 11.7. The number of carbonyl (C=O) groups is 1. The van der Waals surface area contributed by atoms with E-state index in [1.54, 1.807) is 18.4 Å². The third-order valence-corrected chi connectivity index (χ3v) is 4.20. The predicted molar refractivity (Wildman–Crippen MR) is 97.1 cm³/mol. The van der Waals surface area contributed by atoms with Crippen molar-refractivity contribution in [1.29, 1.82) is 0 Å². The number of aromatic amines is 1. The van der Waals surface area contributed by atoms with Crippen molar-refractivity contribution in [1.82, 2.24) is 30.2 Å². The summed E-state index contributed by atoms with van der Waals surface area (Å²) in [5.41, 5.74) is 0.573. The molecule has 0 aliphatic carbocycles. The lowest BCUT2D eigenvalue weighted by Gasteiger charge is -2.16. The van der Waals surface area contributed by atoms with Gasteiger partial charge >= 0.3 is 5.97 Å². The molecule has 0 saturated heterocycles. The fraction of sp³-hybridized carbons (Fsp3) is 0.389. The SMILES string of the molecule is CCCc1nc(C(C)(C)O)c(C(=O)O)n1Cc1ccc(-c2nn[nH]n2)cc1. The molecule has 0 bridgehead atoms. The van der Waals surface area contributed by atoms with Crippen LogP contribution in [0.5, 0.6) is 0 Å². The summed E-state index contributed by atoms with van der Waals surface area (Å²) in [6, 6.07) is 7.48. The van der Waals surface area contributed by atoms with Crippen molar-refractivity contribution >= 4 is 5.97 Å². The van der Waals surface area contributed by atoms with Gasteiger partial charge in [0.05, 0.1) is 0 Å². The zero-order valence-electron chi connectivity index (χ0n) is 15.5. The Morgan fingerprint density at radius 3 is 2.48 bits per heavy atom. The Bertz CT molecular complexity index is 923. The number of aromatic carboxylic acids is 1. The Kier molecular flexibility index (Phi) is 5.04. The van der Waals surface area contributed by atoms with Crippen LogP contribution in [0.4, 0.5) is 0 Å². The zero-order chi connectivity index (χ0) is 19.6. The van der Waals surface area contributed by atoms with Crippen LogP contribution in [0.25, 0.3) is 11.4 Å². The molecule has 0 spiro atoms. The molecule has 0 atom stereocenters. The Morgan fingerprint density at radius 1 is 1.26 bits per heavy atom. The number of tetrazole rings is 1. The number of aromatic nitrogens is 6. The molecule has 0 aliphatic heterocycles. The maximum absolute atomic E-state index is 11.9. The molecule has 0 saturated carbocycles. The quantitative estimate of drug-likeness (QED) is 0.580. The fourth-order valence-corrected chi connectivity index (χ4v) is 2.95. The molecule has 9 heteroatoms. The minimum Gasteiger partial charge on any atom is -0.477 e. The molecule has 2 heterocycles. The van der Waals surface area contributed by atoms with Crippen molar-refractivity contribution in [2.75, 3.05) is 0 Å². The molecule has 0 amide bonds. The number of hydrogen-bond acceptors (Lipinski definition) is 6. The average Bonchev–Trinajstić information content (AvgIpc) is 3.24. The van der Waals surface area contributed by atoms with E-state index in [9.17, 15) is 15.0 Å². The van der Waals surface area contributed by atoms with E-state index in [-0.39, 0.29) is 11.4 Å². The number of carboxylic acids is 1. The van der Waals surface area contributed by atoms with Gasteiger partial charge in [-0.25, -0.2) is 9.78 Å². The zero-order valence-corrected chi connectivity index (χ0v) is 15.5. The van der Waals surface area contributed by atoms with E-state index in [1.165, 1.54) is 0 Å². The average molecular weight is 370 g/mol. The number of carboxylic acid groups (broad SMARTS) is 1. The van der Waals surface area contributed by atoms with Crippen molar-refractivity contribution < 1.29 is 15.0 Å². The number of hydrogen-bond donors (Lipinski definition) is 3. The Hall–Kier alpha value is -3.07. The van der Waals surface area contributed by atoms with Gasteiger partial charge in [0.15, 0.2) is 5.69 Å². The van der Waals surface area contributed by atoms with E-state index >= 15 is 0 Å². The molecular formula is C18H22N6O3. The molecule has 0 fully saturated rings. The standard InChI is InChI=1S/C18H22N6O3/c1-4-5-13-19-15(18(2,3)27)14(17(25)26)24(13)10-11-6-8-12(9-7-11)16-20-22-23-21-16/h6-9,27H,4-5,10H2,1-3H3,(H,25,26)(H,20,21,22,23). The molecule has 142 valence electrons. The Labute approximate surface area is 156 Å². The van der Waals surface area contributed by atoms with Gasteiger partial charge in [-0.1, -0.05) is 31.2 Å². The molecule has 0 radical (unpaired) electrons. The Balaban J connectivity index is 2.00. The van der Waals surface area contributed by atoms with E-state index in [0.29, 0.717) is 24.6 Å². The molecule has 3 aromatic rings. The van der Waals surface area contributed by atoms with Crippen molar-refractivity contribution in [2.45, 2.75) is 45.8 Å². The summed E-state index contributed by atoms with van der Waals surface area (Å²) in [5.74, 6) is 0.0334. The number of benzene rings is 1. The second-order valence-electron chi connectivity index (χ2n) is 6.86. The lowest BCUT2D eigenvalue weighted by atomic mass is 10.0. The van der Waals surface area contributed by atoms with E-state index in [0.717, 1.165) is 17.5 Å². The van der Waals surface area contributed by atoms with E-state index in [1.807, 2.05) is 31.2 Å². The summed E-state index contributed by atoms with van der Waals surface area (Å²) in [6.45, 7) is 5.43. The lowest BCUT2D eigenvalue weighted by Crippen LogP contribution is -2.22. The topological polar surface area (TPSA) is 130 Å². The van der Waals surface area contributed by atoms with Gasteiger partial charge in [-0.15, -0.1) is 10.2 Å². The maximum atomic E-state index is 11.9. The number of aliphatic hydroxyl groups is 1. The van der Waals surface area contributed by atoms with Crippen molar-refractivity contribution in [3.63, 3.8) is 0 Å². The van der Waals surface area contributed by atoms with E-state index < -0.39 is 11.6 Å². The van der Waals surface area contributed by atoms with Crippen LogP contribution in [-0.2, 0) is 18.6 Å². The second-order valence-corrected chi connectivity index (χ2v) is 6.86. The number of nitrogens with one attached hydrogen (secondary N) is 1. The van der Waals surface area contributed by atoms with Crippen molar-refractivity contribution in [3.8, 4) is 11.4 Å². The van der Waals surface area contributed by atoms with Gasteiger partial charge in [-0.05, 0) is 31.0 Å². The number of aryl methyl sites for hydroxylation is 1. The van der Waals surface area contributed by atoms with Gasteiger partial charge < -0.3 is 14.8 Å². The molecule has 2 aromatic heterocycles. The number of H-pyrrole nitrogens is 1. The first-order valence-electron chi connectivity index (χ1n) is 8.69. The smallest absolute Gasteiger partial charge is 0.354 e. The number of rotatable bonds is 7. The first kappa shape index (κ1) is 18.7. The van der Waals surface area contributed by atoms with Crippen LogP contribution < -0.4 is 0 Å². The van der Waals surface area contributed by atoms with Gasteiger partial charge in [0.2, 0.25) is 5.82 Å². The van der Waals surface area contributed by atoms with Crippen LogP contribution in [0.15, 0.2) is 24.3 Å². The highest BCUT2D eigenvalue weighted by molar-refractivity contribution is 5.87. The van der Waals surface area contributed by atoms with Crippen molar-refractivity contribution in [2.24, 2.45) is 0 Å². The third kappa shape index (κ3) is 3.87. The molecule has 9 nitrogen and oxygen atoms in total. The highest BCUT2D eigenvalue weighted by atomic mass is 16.4. The minimum absolute atomic E-state index is 0.0215. The molecule has 3 N–H and O–H groups in total. The van der Waals surface area contributed by atoms with E-state index in [2.05, 4.69) is 25.6 Å². The highest BCUT2D eigenvalue weighted by Crippen LogP contribution is 2.26. The summed E-state index contributed by atoms with van der Waals surface area (Å²) in [5, 5.41) is 33.9. The van der Waals surface area contributed by atoms with Gasteiger partial charge in [0, 0.05) is 18.5 Å². The highest BCUT2D eigenvalue weighted by Gasteiger charge is 2.31. The molecule has 0 aliphatic rings. The van der Waals surface area contributed by atoms with Crippen molar-refractivity contribution in [3.05, 3.63) is 47.0 Å². The summed E-state index contributed by atoms with van der Waals surface area (Å²) in [4.78, 5) is 16.4. The molecular weight excluding hydrogens is 348 g/mol. The fourth-order valence-electron chi connectivity index (χ4n) is 2.95. The second kappa shape index (κ2) is 7.28. The summed E-state index contributed by atoms with van der Waals surface area (Å²) >= 11 is 0. The lowest BCUT2D eigenvalue weighted by molar-refractivity contribution is 0.0602. The molecule has 27 heavy (non-hydrogen) atoms. The Morgan fingerprint density at radius 2 is 1.96 bits per heavy atom. The van der Waals surface area contributed by atoms with Gasteiger partial charge in [-0.3, -0.25) is 0 Å². The minimum atomic E-state index is -1.34. The van der Waals surface area contributed by atoms with Crippen LogP contribution >= 0.6 is 0 Å². The van der Waals surface area contributed by atoms with Crippen LogP contribution in [0.1, 0.15) is 54.8 Å². The van der Waals surface area contributed by atoms with Crippen LogP contribution in [0, 0.1) is 0 Å². The largest absolute Gasteiger partial charge is 0.477 e. The van der Waals surface area contributed by atoms with Gasteiger partial charge in [0.1, 0.15) is 17.1 Å². The molecule has 0 unspecified atom stereocenters. The summed E-state index contributed by atoms with van der Waals surface area (Å²) in [6.07, 6.45) is 1.44. The number of imidazole rings is 1. The summed E-state index contributed by atoms with van der Waals surface area (Å²) < 4.78 is 1.67. The molecule has 1 aromatic carbocycles. The first-order chi connectivity index (χ1) is 12.8. The molecule has 3 rings (SSSR count). The number of nitrogens with zero attached hydrogens (tertiary/aromatic N) is 5. The monoisotopic (exact) mass is 370 g/mol. The summed E-state index contributed by atoms with van der Waals surface area (Å²) in [7, 11) is 0. The maximum Gasteiger partial charge on any atom is 0.354 e. The first-order valence-corrected chi connectivity index (χ1v) is 8.69. The van der Waals surface area contributed by atoms with Gasteiger partial charge in [-0.2, -0.15) is 5.21 Å². The third-order valence-electron chi connectivity index (χ3n) is 4.20. The van der Waals surface area contributed by atoms with Gasteiger partial charge in [0.25, 0.3) is 0 Å². The van der Waals surface area contributed by atoms with Crippen LogP contribution in [-0.4, -0.2) is 46.4 Å². The van der Waals surface area contributed by atoms with Crippen LogP contribution in [0.2, 0.25) is 0 Å². The predicted octanol–water partition coefficient (Wildman–Crippen LogP) is 1.99. The van der Waals surface area contributed by atoms with Crippen LogP contribution in [0.3, 0.4) is 0 Å². The van der Waals surface area contributed by atoms with E-state index in [4.69, 9.17) is 0 Å².